The molecule has 0 bridgehead atoms. The van der Waals surface area contributed by atoms with E-state index in [1.807, 2.05) is 25.1 Å². The number of hydrogen-bond donors (Lipinski definition) is 2. The molecule has 28 heavy (non-hydrogen) atoms. The van der Waals surface area contributed by atoms with Crippen molar-refractivity contribution in [2.45, 2.75) is 33.1 Å². The summed E-state index contributed by atoms with van der Waals surface area (Å²) in [5.41, 5.74) is 4.50. The van der Waals surface area contributed by atoms with Crippen LogP contribution < -0.4 is 15.4 Å². The molecule has 5 nitrogen and oxygen atoms in total. The van der Waals surface area contributed by atoms with Crippen molar-refractivity contribution in [3.05, 3.63) is 71.4 Å². The van der Waals surface area contributed by atoms with Gasteiger partial charge in [0.25, 0.3) is 0 Å². The Balaban J connectivity index is 1.60. The van der Waals surface area contributed by atoms with Crippen molar-refractivity contribution in [1.29, 1.82) is 0 Å². The van der Waals surface area contributed by atoms with Crippen LogP contribution in [-0.4, -0.2) is 23.6 Å². The summed E-state index contributed by atoms with van der Waals surface area (Å²) in [6, 6.07) is 18.5. The van der Waals surface area contributed by atoms with Gasteiger partial charge in [0.2, 0.25) is 5.95 Å². The number of nitrogens with one attached hydrogen (secondary N) is 2. The van der Waals surface area contributed by atoms with E-state index in [2.05, 4.69) is 70.8 Å². The van der Waals surface area contributed by atoms with Crippen LogP contribution >= 0.6 is 0 Å². The van der Waals surface area contributed by atoms with Gasteiger partial charge in [0.05, 0.1) is 7.11 Å². The summed E-state index contributed by atoms with van der Waals surface area (Å²) in [5, 5.41) is 6.69. The second-order valence-corrected chi connectivity index (χ2v) is 7.14. The molecule has 0 unspecified atom stereocenters. The van der Waals surface area contributed by atoms with Crippen molar-refractivity contribution in [3.63, 3.8) is 0 Å². The van der Waals surface area contributed by atoms with Gasteiger partial charge in [-0.15, -0.1) is 0 Å². The van der Waals surface area contributed by atoms with Crippen LogP contribution in [0.3, 0.4) is 0 Å². The van der Waals surface area contributed by atoms with E-state index < -0.39 is 0 Å². The first-order valence-electron chi connectivity index (χ1n) is 9.63. The number of rotatable bonds is 8. The molecule has 0 saturated heterocycles. The molecule has 1 aromatic heterocycles. The summed E-state index contributed by atoms with van der Waals surface area (Å²) >= 11 is 0. The topological polar surface area (TPSA) is 59.1 Å². The highest BCUT2D eigenvalue weighted by Crippen LogP contribution is 2.20. The van der Waals surface area contributed by atoms with Crippen molar-refractivity contribution in [2.75, 3.05) is 24.3 Å². The number of ether oxygens (including phenoxy) is 1. The van der Waals surface area contributed by atoms with Crippen molar-refractivity contribution in [3.8, 4) is 5.75 Å². The van der Waals surface area contributed by atoms with Gasteiger partial charge >= 0.3 is 0 Å². The molecule has 2 N–H and O–H groups in total. The lowest BCUT2D eigenvalue weighted by Gasteiger charge is -2.11. The Morgan fingerprint density at radius 2 is 1.68 bits per heavy atom. The second-order valence-electron chi connectivity index (χ2n) is 7.14. The minimum Gasteiger partial charge on any atom is -0.497 e. The van der Waals surface area contributed by atoms with E-state index in [9.17, 15) is 0 Å². The second kappa shape index (κ2) is 9.22. The summed E-state index contributed by atoms with van der Waals surface area (Å²) in [7, 11) is 1.68. The molecule has 3 aromatic rings. The Kier molecular flexibility index (Phi) is 6.48. The van der Waals surface area contributed by atoms with Crippen LogP contribution in [-0.2, 0) is 6.42 Å². The zero-order valence-corrected chi connectivity index (χ0v) is 17.0. The van der Waals surface area contributed by atoms with Gasteiger partial charge < -0.3 is 15.4 Å². The van der Waals surface area contributed by atoms with E-state index >= 15 is 0 Å². The Labute approximate surface area is 167 Å². The molecule has 0 aliphatic carbocycles. The molecule has 1 heterocycles. The maximum Gasteiger partial charge on any atom is 0.224 e. The number of hydrogen-bond acceptors (Lipinski definition) is 5. The maximum absolute atomic E-state index is 5.19. The third-order valence-electron chi connectivity index (χ3n) is 4.56. The zero-order valence-electron chi connectivity index (χ0n) is 17.0. The average molecular weight is 377 g/mol. The van der Waals surface area contributed by atoms with E-state index in [1.54, 1.807) is 7.11 Å². The van der Waals surface area contributed by atoms with Crippen molar-refractivity contribution < 1.29 is 4.74 Å². The zero-order chi connectivity index (χ0) is 19.9. The predicted molar refractivity (Wildman–Crippen MR) is 116 cm³/mol. The molecule has 5 heteroatoms. The highest BCUT2D eigenvalue weighted by atomic mass is 16.5. The molecule has 146 valence electrons. The first kappa shape index (κ1) is 19.7. The molecule has 0 fully saturated rings. The minimum atomic E-state index is 0.525. The highest BCUT2D eigenvalue weighted by molar-refractivity contribution is 5.58. The van der Waals surface area contributed by atoms with E-state index in [1.165, 1.54) is 11.1 Å². The van der Waals surface area contributed by atoms with E-state index in [4.69, 9.17) is 4.74 Å². The number of methoxy groups -OCH3 is 1. The molecule has 0 spiro atoms. The lowest BCUT2D eigenvalue weighted by Crippen LogP contribution is -2.09. The van der Waals surface area contributed by atoms with Gasteiger partial charge in [-0.25, -0.2) is 4.98 Å². The Morgan fingerprint density at radius 1 is 0.964 bits per heavy atom. The summed E-state index contributed by atoms with van der Waals surface area (Å²) in [6.45, 7) is 7.13. The van der Waals surface area contributed by atoms with E-state index in [0.29, 0.717) is 11.9 Å². The van der Waals surface area contributed by atoms with Crippen LogP contribution in [0.5, 0.6) is 5.75 Å². The number of aromatic nitrogens is 2. The Bertz CT molecular complexity index is 889. The summed E-state index contributed by atoms with van der Waals surface area (Å²) in [6.07, 6.45) is 0.890. The minimum absolute atomic E-state index is 0.525. The maximum atomic E-state index is 5.19. The first-order valence-corrected chi connectivity index (χ1v) is 9.63. The van der Waals surface area contributed by atoms with Crippen LogP contribution in [0, 0.1) is 6.92 Å². The van der Waals surface area contributed by atoms with Crippen LogP contribution in [0.4, 0.5) is 17.5 Å². The van der Waals surface area contributed by atoms with E-state index in [-0.39, 0.29) is 0 Å². The summed E-state index contributed by atoms with van der Waals surface area (Å²) in [4.78, 5) is 9.08. The van der Waals surface area contributed by atoms with E-state index in [0.717, 1.165) is 35.9 Å². The SMILES string of the molecule is COc1ccc(CCNc2nc(C)cc(Nc3ccc(C(C)C)cc3)n2)cc1. The molecular formula is C23H28N4O. The fourth-order valence-corrected chi connectivity index (χ4v) is 2.92. The molecule has 3 rings (SSSR count). The molecule has 0 aliphatic heterocycles. The Morgan fingerprint density at radius 3 is 2.32 bits per heavy atom. The lowest BCUT2D eigenvalue weighted by atomic mass is 10.0. The molecule has 0 atom stereocenters. The molecule has 2 aromatic carbocycles. The fraction of sp³-hybridized carbons (Fsp3) is 0.304. The quantitative estimate of drug-likeness (QED) is 0.557. The number of anilines is 3. The van der Waals surface area contributed by atoms with Crippen LogP contribution in [0.25, 0.3) is 0 Å². The van der Waals surface area contributed by atoms with Gasteiger partial charge in [-0.05, 0) is 54.7 Å². The highest BCUT2D eigenvalue weighted by Gasteiger charge is 2.04. The number of aryl methyl sites for hydroxylation is 1. The van der Waals surface area contributed by atoms with Gasteiger partial charge in [0.1, 0.15) is 11.6 Å². The number of nitrogens with zero attached hydrogens (tertiary/aromatic N) is 2. The largest absolute Gasteiger partial charge is 0.497 e. The molecule has 0 amide bonds. The molecular weight excluding hydrogens is 348 g/mol. The average Bonchev–Trinajstić information content (AvgIpc) is 2.68. The fourth-order valence-electron chi connectivity index (χ4n) is 2.92. The van der Waals surface area contributed by atoms with Crippen LogP contribution in [0.15, 0.2) is 54.6 Å². The standard InChI is InChI=1S/C23H28N4O/c1-16(2)19-7-9-20(10-8-19)26-22-15-17(3)25-23(27-22)24-14-13-18-5-11-21(28-4)12-6-18/h5-12,15-16H,13-14H2,1-4H3,(H2,24,25,26,27). The predicted octanol–water partition coefficient (Wildman–Crippen LogP) is 5.32. The lowest BCUT2D eigenvalue weighted by molar-refractivity contribution is 0.414. The molecule has 0 saturated carbocycles. The van der Waals surface area contributed by atoms with Crippen molar-refractivity contribution in [2.24, 2.45) is 0 Å². The Hall–Kier alpha value is -3.08. The molecule has 0 aliphatic rings. The van der Waals surface area contributed by atoms with Crippen molar-refractivity contribution in [1.82, 2.24) is 9.97 Å². The monoisotopic (exact) mass is 376 g/mol. The normalized spacial score (nSPS) is 10.8. The van der Waals surface area contributed by atoms with Gasteiger partial charge in [-0.2, -0.15) is 4.98 Å². The third kappa shape index (κ3) is 5.46. The van der Waals surface area contributed by atoms with Gasteiger partial charge in [0.15, 0.2) is 0 Å². The number of benzene rings is 2. The summed E-state index contributed by atoms with van der Waals surface area (Å²) < 4.78 is 5.19. The van der Waals surface area contributed by atoms with Gasteiger partial charge in [-0.3, -0.25) is 0 Å². The smallest absolute Gasteiger partial charge is 0.224 e. The first-order chi connectivity index (χ1) is 13.5. The van der Waals surface area contributed by atoms with Gasteiger partial charge in [-0.1, -0.05) is 38.1 Å². The van der Waals surface area contributed by atoms with Gasteiger partial charge in [0, 0.05) is 24.0 Å². The molecule has 0 radical (unpaired) electrons. The summed E-state index contributed by atoms with van der Waals surface area (Å²) in [5.74, 6) is 2.82. The third-order valence-corrected chi connectivity index (χ3v) is 4.56. The van der Waals surface area contributed by atoms with Crippen LogP contribution in [0.2, 0.25) is 0 Å². The van der Waals surface area contributed by atoms with Crippen LogP contribution in [0.1, 0.15) is 36.6 Å². The van der Waals surface area contributed by atoms with Crippen molar-refractivity contribution >= 4 is 17.5 Å².